The van der Waals surface area contributed by atoms with Gasteiger partial charge in [0.25, 0.3) is 0 Å². The van der Waals surface area contributed by atoms with Crippen molar-refractivity contribution in [2.45, 2.75) is 22.5 Å². The number of hydrogen-bond acceptors (Lipinski definition) is 4. The van der Waals surface area contributed by atoms with Gasteiger partial charge in [-0.25, -0.2) is 0 Å². The lowest BCUT2D eigenvalue weighted by Gasteiger charge is -2.21. The summed E-state index contributed by atoms with van der Waals surface area (Å²) < 4.78 is 6.49. The van der Waals surface area contributed by atoms with Gasteiger partial charge in [-0.05, 0) is 59.6 Å². The van der Waals surface area contributed by atoms with Gasteiger partial charge in [0, 0.05) is 4.90 Å². The average molecular weight is 349 g/mol. The van der Waals surface area contributed by atoms with E-state index in [0.29, 0.717) is 11.2 Å². The van der Waals surface area contributed by atoms with Crippen molar-refractivity contribution < 1.29 is 4.74 Å². The fourth-order valence-electron chi connectivity index (χ4n) is 2.29. The van der Waals surface area contributed by atoms with Crippen LogP contribution in [0.25, 0.3) is 0 Å². The summed E-state index contributed by atoms with van der Waals surface area (Å²) in [5.41, 5.74) is 2.62. The van der Waals surface area contributed by atoms with Crippen LogP contribution in [0.3, 0.4) is 0 Å². The molecule has 0 bridgehead atoms. The van der Waals surface area contributed by atoms with Crippen molar-refractivity contribution in [1.82, 2.24) is 0 Å². The Morgan fingerprint density at radius 2 is 1.68 bits per heavy atom. The van der Waals surface area contributed by atoms with E-state index < -0.39 is 0 Å². The van der Waals surface area contributed by atoms with Crippen LogP contribution in [-0.4, -0.2) is 17.8 Å². The molecule has 1 nitrogen and oxygen atoms in total. The SMILES string of the molecule is CSc1ccc(COc2ccc(C3SCCCS3)cc2)cc1. The van der Waals surface area contributed by atoms with Gasteiger partial charge >= 0.3 is 0 Å². The van der Waals surface area contributed by atoms with Gasteiger partial charge in [0.2, 0.25) is 0 Å². The molecule has 0 N–H and O–H groups in total. The Morgan fingerprint density at radius 1 is 1.00 bits per heavy atom. The maximum absolute atomic E-state index is 5.89. The highest BCUT2D eigenvalue weighted by Crippen LogP contribution is 2.43. The summed E-state index contributed by atoms with van der Waals surface area (Å²) in [6, 6.07) is 17.2. The molecule has 1 saturated heterocycles. The quantitative estimate of drug-likeness (QED) is 0.626. The van der Waals surface area contributed by atoms with Gasteiger partial charge in [0.15, 0.2) is 0 Å². The molecule has 0 spiro atoms. The molecule has 3 rings (SSSR count). The highest BCUT2D eigenvalue weighted by molar-refractivity contribution is 8.16. The monoisotopic (exact) mass is 348 g/mol. The van der Waals surface area contributed by atoms with Crippen LogP contribution in [0.15, 0.2) is 53.4 Å². The number of rotatable bonds is 5. The molecule has 1 fully saturated rings. The summed E-state index contributed by atoms with van der Waals surface area (Å²) in [7, 11) is 0. The highest BCUT2D eigenvalue weighted by atomic mass is 32.2. The maximum atomic E-state index is 5.89. The number of hydrogen-bond donors (Lipinski definition) is 0. The topological polar surface area (TPSA) is 9.23 Å². The van der Waals surface area contributed by atoms with Gasteiger partial charge in [0.05, 0.1) is 4.58 Å². The second-order valence-corrected chi connectivity index (χ2v) is 8.74. The summed E-state index contributed by atoms with van der Waals surface area (Å²) in [4.78, 5) is 1.29. The van der Waals surface area contributed by atoms with Crippen molar-refractivity contribution >= 4 is 35.3 Å². The van der Waals surface area contributed by atoms with Gasteiger partial charge in [-0.15, -0.1) is 35.3 Å². The molecule has 0 radical (unpaired) electrons. The van der Waals surface area contributed by atoms with E-state index in [-0.39, 0.29) is 0 Å². The van der Waals surface area contributed by atoms with Crippen molar-refractivity contribution in [2.75, 3.05) is 17.8 Å². The molecule has 22 heavy (non-hydrogen) atoms. The Labute approximate surface area is 145 Å². The zero-order valence-corrected chi connectivity index (χ0v) is 15.1. The van der Waals surface area contributed by atoms with Crippen LogP contribution in [0.1, 0.15) is 22.1 Å². The van der Waals surface area contributed by atoms with Crippen molar-refractivity contribution in [3.63, 3.8) is 0 Å². The zero-order valence-electron chi connectivity index (χ0n) is 12.7. The van der Waals surface area contributed by atoms with E-state index in [9.17, 15) is 0 Å². The Bertz CT molecular complexity index is 574. The van der Waals surface area contributed by atoms with E-state index in [1.54, 1.807) is 11.8 Å². The minimum Gasteiger partial charge on any atom is -0.489 e. The van der Waals surface area contributed by atoms with Crippen molar-refractivity contribution in [2.24, 2.45) is 0 Å². The molecular weight excluding hydrogens is 328 g/mol. The summed E-state index contributed by atoms with van der Waals surface area (Å²) in [6.07, 6.45) is 3.43. The molecule has 2 aromatic rings. The van der Waals surface area contributed by atoms with Gasteiger partial charge in [-0.3, -0.25) is 0 Å². The first-order valence-corrected chi connectivity index (χ1v) is 10.8. The molecule has 116 valence electrons. The zero-order chi connectivity index (χ0) is 15.2. The van der Waals surface area contributed by atoms with E-state index in [4.69, 9.17) is 4.74 Å². The Balaban J connectivity index is 1.56. The van der Waals surface area contributed by atoms with E-state index in [2.05, 4.69) is 78.3 Å². The van der Waals surface area contributed by atoms with Crippen LogP contribution in [0.5, 0.6) is 5.75 Å². The van der Waals surface area contributed by atoms with Crippen LogP contribution in [0, 0.1) is 0 Å². The normalized spacial score (nSPS) is 15.7. The molecule has 1 heterocycles. The molecule has 4 heteroatoms. The molecule has 0 saturated carbocycles. The van der Waals surface area contributed by atoms with Crippen LogP contribution >= 0.6 is 35.3 Å². The minimum atomic E-state index is 0.599. The van der Waals surface area contributed by atoms with E-state index in [0.717, 1.165) is 5.75 Å². The lowest BCUT2D eigenvalue weighted by molar-refractivity contribution is 0.306. The molecular formula is C18H20OS3. The lowest BCUT2D eigenvalue weighted by Crippen LogP contribution is -2.00. The van der Waals surface area contributed by atoms with Crippen molar-refractivity contribution in [1.29, 1.82) is 0 Å². The molecule has 1 aliphatic heterocycles. The molecule has 0 aliphatic carbocycles. The first-order chi connectivity index (χ1) is 10.8. The smallest absolute Gasteiger partial charge is 0.119 e. The third-order valence-electron chi connectivity index (χ3n) is 3.54. The van der Waals surface area contributed by atoms with E-state index in [1.807, 2.05) is 0 Å². The maximum Gasteiger partial charge on any atom is 0.119 e. The first-order valence-electron chi connectivity index (χ1n) is 7.44. The van der Waals surface area contributed by atoms with Crippen molar-refractivity contribution in [3.8, 4) is 5.75 Å². The predicted octanol–water partition coefficient (Wildman–Crippen LogP) is 5.86. The third kappa shape index (κ3) is 4.40. The molecule has 1 aliphatic rings. The summed E-state index contributed by atoms with van der Waals surface area (Å²) in [5.74, 6) is 3.51. The van der Waals surface area contributed by atoms with Crippen LogP contribution in [0.4, 0.5) is 0 Å². The highest BCUT2D eigenvalue weighted by Gasteiger charge is 2.16. The van der Waals surface area contributed by atoms with Crippen LogP contribution in [0.2, 0.25) is 0 Å². The van der Waals surface area contributed by atoms with Gasteiger partial charge < -0.3 is 4.74 Å². The fourth-order valence-corrected chi connectivity index (χ4v) is 5.59. The van der Waals surface area contributed by atoms with Gasteiger partial charge in [-0.2, -0.15) is 0 Å². The average Bonchev–Trinajstić information content (AvgIpc) is 2.61. The lowest BCUT2D eigenvalue weighted by atomic mass is 10.2. The summed E-state index contributed by atoms with van der Waals surface area (Å²) in [6.45, 7) is 0.626. The number of ether oxygens (including phenoxy) is 1. The Hall–Kier alpha value is -0.710. The van der Waals surface area contributed by atoms with E-state index >= 15 is 0 Å². The molecule has 0 atom stereocenters. The largest absolute Gasteiger partial charge is 0.489 e. The van der Waals surface area contributed by atoms with Crippen LogP contribution < -0.4 is 4.74 Å². The molecule has 0 aromatic heterocycles. The summed E-state index contributed by atoms with van der Waals surface area (Å²) >= 11 is 5.87. The second-order valence-electron chi connectivity index (χ2n) is 5.13. The Morgan fingerprint density at radius 3 is 2.32 bits per heavy atom. The van der Waals surface area contributed by atoms with Crippen molar-refractivity contribution in [3.05, 3.63) is 59.7 Å². The third-order valence-corrected chi connectivity index (χ3v) is 7.30. The van der Waals surface area contributed by atoms with Gasteiger partial charge in [-0.1, -0.05) is 24.3 Å². The minimum absolute atomic E-state index is 0.599. The molecule has 2 aromatic carbocycles. The number of benzene rings is 2. The first kappa shape index (κ1) is 16.2. The van der Waals surface area contributed by atoms with E-state index in [1.165, 1.54) is 33.9 Å². The predicted molar refractivity (Wildman–Crippen MR) is 101 cm³/mol. The molecule has 0 unspecified atom stereocenters. The molecule has 0 amide bonds. The van der Waals surface area contributed by atoms with Crippen LogP contribution in [-0.2, 0) is 6.61 Å². The summed E-state index contributed by atoms with van der Waals surface area (Å²) in [5, 5.41) is 0. The number of thioether (sulfide) groups is 3. The standard InChI is InChI=1S/C18H20OS3/c1-20-17-9-3-14(4-10-17)13-19-16-7-5-15(6-8-16)18-21-11-2-12-22-18/h3-10,18H,2,11-13H2,1H3. The second kappa shape index (κ2) is 8.23. The Kier molecular flexibility index (Phi) is 6.04. The fraction of sp³-hybridized carbons (Fsp3) is 0.333. The van der Waals surface area contributed by atoms with Gasteiger partial charge in [0.1, 0.15) is 12.4 Å².